The molecule has 0 radical (unpaired) electrons. The van der Waals surface area contributed by atoms with Gasteiger partial charge in [-0.2, -0.15) is 4.98 Å². The van der Waals surface area contributed by atoms with E-state index in [1.54, 1.807) is 23.9 Å². The van der Waals surface area contributed by atoms with Gasteiger partial charge in [0, 0.05) is 81.6 Å². The molecule has 3 aromatic heterocycles. The fourth-order valence-corrected chi connectivity index (χ4v) is 9.05. The topological polar surface area (TPSA) is 155 Å². The highest BCUT2D eigenvalue weighted by Crippen LogP contribution is 2.33. The molecule has 8 rings (SSSR count). The maximum atomic E-state index is 13.5. The van der Waals surface area contributed by atoms with E-state index in [0.717, 1.165) is 95.6 Å². The number of benzene rings is 1. The van der Waals surface area contributed by atoms with Crippen molar-refractivity contribution in [3.05, 3.63) is 75.8 Å². The van der Waals surface area contributed by atoms with Crippen LogP contribution in [0.3, 0.4) is 0 Å². The minimum atomic E-state index is -0.272. The fraction of sp³-hybridized carbons (Fsp3) is 0.500. The van der Waals surface area contributed by atoms with Crippen LogP contribution in [0.2, 0.25) is 0 Å². The van der Waals surface area contributed by atoms with E-state index >= 15 is 0 Å². The highest BCUT2D eigenvalue weighted by atomic mass is 16.5. The first-order chi connectivity index (χ1) is 27.2. The first kappa shape index (κ1) is 37.7. The molecule has 6 heterocycles. The summed E-state index contributed by atoms with van der Waals surface area (Å²) in [6.45, 7) is 10.7. The number of aryl methyl sites for hydroxylation is 1. The number of carbonyl (C=O) groups excluding carboxylic acids is 3. The molecule has 1 aliphatic carbocycles. The Bertz CT molecular complexity index is 2150. The van der Waals surface area contributed by atoms with Crippen LogP contribution in [0.1, 0.15) is 91.7 Å². The van der Waals surface area contributed by atoms with E-state index < -0.39 is 0 Å². The van der Waals surface area contributed by atoms with Crippen LogP contribution in [0.25, 0.3) is 11.0 Å². The molecule has 1 unspecified atom stereocenters. The lowest BCUT2D eigenvalue weighted by Crippen LogP contribution is -2.53. The van der Waals surface area contributed by atoms with Gasteiger partial charge in [0.1, 0.15) is 23.8 Å². The van der Waals surface area contributed by atoms with Crippen LogP contribution >= 0.6 is 0 Å². The predicted octanol–water partition coefficient (Wildman–Crippen LogP) is 4.74. The van der Waals surface area contributed by atoms with Gasteiger partial charge in [0.05, 0.1) is 17.7 Å². The van der Waals surface area contributed by atoms with Crippen LogP contribution in [0.5, 0.6) is 5.75 Å². The third kappa shape index (κ3) is 8.03. The highest BCUT2D eigenvalue weighted by molar-refractivity contribution is 6.01. The molecule has 1 aromatic carbocycles. The van der Waals surface area contributed by atoms with Crippen LogP contribution in [-0.4, -0.2) is 105 Å². The zero-order chi connectivity index (χ0) is 38.8. The van der Waals surface area contributed by atoms with Crippen molar-refractivity contribution >= 4 is 46.1 Å². The molecule has 0 bridgehead atoms. The quantitative estimate of drug-likeness (QED) is 0.160. The Morgan fingerprint density at radius 3 is 2.41 bits per heavy atom. The van der Waals surface area contributed by atoms with Gasteiger partial charge >= 0.3 is 0 Å². The number of pyridine rings is 2. The molecule has 14 heteroatoms. The van der Waals surface area contributed by atoms with Gasteiger partial charge in [-0.05, 0) is 81.3 Å². The number of amides is 2. The average Bonchev–Trinajstić information content (AvgIpc) is 3.73. The number of nitrogens with one attached hydrogen (secondary N) is 2. The number of hydrogen-bond acceptors (Lipinski definition) is 12. The summed E-state index contributed by atoms with van der Waals surface area (Å²) in [6, 6.07) is 12.6. The van der Waals surface area contributed by atoms with Gasteiger partial charge < -0.3 is 15.0 Å². The number of ketones is 1. The van der Waals surface area contributed by atoms with Crippen molar-refractivity contribution in [1.29, 1.82) is 0 Å². The van der Waals surface area contributed by atoms with Gasteiger partial charge in [-0.15, -0.1) is 0 Å². The van der Waals surface area contributed by atoms with Crippen molar-refractivity contribution < 1.29 is 19.1 Å². The molecule has 56 heavy (non-hydrogen) atoms. The molecule has 1 saturated carbocycles. The third-order valence-electron chi connectivity index (χ3n) is 12.2. The van der Waals surface area contributed by atoms with E-state index in [-0.39, 0.29) is 40.7 Å². The van der Waals surface area contributed by atoms with Crippen LogP contribution in [0.4, 0.5) is 17.5 Å². The smallest absolute Gasteiger partial charge is 0.263 e. The molecule has 4 fully saturated rings. The summed E-state index contributed by atoms with van der Waals surface area (Å²) in [5.74, 6) is 0.714. The summed E-state index contributed by atoms with van der Waals surface area (Å²) in [5, 5.41) is 6.37. The zero-order valence-electron chi connectivity index (χ0n) is 32.3. The van der Waals surface area contributed by atoms with Gasteiger partial charge in [0.25, 0.3) is 5.56 Å². The van der Waals surface area contributed by atoms with Crippen molar-refractivity contribution in [2.24, 2.45) is 0 Å². The molecule has 3 saturated heterocycles. The van der Waals surface area contributed by atoms with Gasteiger partial charge in [0.15, 0.2) is 5.78 Å². The van der Waals surface area contributed by atoms with Crippen molar-refractivity contribution in [3.63, 3.8) is 0 Å². The minimum Gasteiger partial charge on any atom is -0.491 e. The SMILES string of the molecule is CC(=O)c1c(C)c2cnc(Nc3ccc(OCCN4CCN(C5CCN(c6cccc(C7CCC(=O)NC7=O)c6)CC5)CC4)cn3)nc2n(C2CCCC2)c1=O. The lowest BCUT2D eigenvalue weighted by Gasteiger charge is -2.43. The van der Waals surface area contributed by atoms with Crippen molar-refractivity contribution in [3.8, 4) is 5.75 Å². The Labute approximate surface area is 326 Å². The standard InChI is InChI=1S/C42H51N9O5/c1-27-35-26-44-42(47-39(35)51(31-7-3-4-8-31)41(55)38(27)28(2)52)45-36-12-10-33(25-43-36)56-23-22-48-18-20-50(21-19-48)30-14-16-49(17-15-30)32-9-5-6-29(24-32)34-11-13-37(53)46-40(34)54/h5-6,9-10,12,24-26,30-31,34H,3-4,7-8,11,13-23H2,1-2H3,(H,46,53,54)(H,43,44,45,47). The molecular weight excluding hydrogens is 711 g/mol. The summed E-state index contributed by atoms with van der Waals surface area (Å²) in [5.41, 5.74) is 3.25. The van der Waals surface area contributed by atoms with E-state index in [2.05, 4.69) is 47.4 Å². The van der Waals surface area contributed by atoms with Crippen molar-refractivity contribution in [2.75, 3.05) is 62.6 Å². The first-order valence-corrected chi connectivity index (χ1v) is 20.2. The lowest BCUT2D eigenvalue weighted by molar-refractivity contribution is -0.134. The number of carbonyl (C=O) groups is 3. The van der Waals surface area contributed by atoms with E-state index in [1.807, 2.05) is 24.3 Å². The molecule has 14 nitrogen and oxygen atoms in total. The Morgan fingerprint density at radius 2 is 1.70 bits per heavy atom. The summed E-state index contributed by atoms with van der Waals surface area (Å²) in [7, 11) is 0. The summed E-state index contributed by atoms with van der Waals surface area (Å²) < 4.78 is 7.78. The number of anilines is 3. The van der Waals surface area contributed by atoms with Crippen LogP contribution < -0.4 is 25.8 Å². The second-order valence-electron chi connectivity index (χ2n) is 15.6. The maximum Gasteiger partial charge on any atom is 0.263 e. The summed E-state index contributed by atoms with van der Waals surface area (Å²) in [4.78, 5) is 71.3. The van der Waals surface area contributed by atoms with Crippen LogP contribution in [-0.2, 0) is 9.59 Å². The number of piperidine rings is 2. The molecule has 294 valence electrons. The Morgan fingerprint density at radius 1 is 0.911 bits per heavy atom. The van der Waals surface area contributed by atoms with E-state index in [4.69, 9.17) is 9.72 Å². The zero-order valence-corrected chi connectivity index (χ0v) is 32.3. The largest absolute Gasteiger partial charge is 0.491 e. The first-order valence-electron chi connectivity index (χ1n) is 20.2. The molecular formula is C42H51N9O5. The molecule has 1 atom stereocenters. The molecule has 2 N–H and O–H groups in total. The van der Waals surface area contributed by atoms with Crippen LogP contribution in [0, 0.1) is 6.92 Å². The molecule has 4 aliphatic rings. The van der Waals surface area contributed by atoms with E-state index in [0.29, 0.717) is 59.6 Å². The number of imide groups is 1. The van der Waals surface area contributed by atoms with Crippen molar-refractivity contribution in [2.45, 2.75) is 83.2 Å². The number of hydrogen-bond donors (Lipinski definition) is 2. The van der Waals surface area contributed by atoms with Crippen molar-refractivity contribution in [1.82, 2.24) is 34.6 Å². The Kier molecular flexibility index (Phi) is 11.1. The second-order valence-corrected chi connectivity index (χ2v) is 15.6. The maximum absolute atomic E-state index is 13.5. The molecule has 3 aliphatic heterocycles. The minimum absolute atomic E-state index is 0.0140. The highest BCUT2D eigenvalue weighted by Gasteiger charge is 2.31. The van der Waals surface area contributed by atoms with Gasteiger partial charge in [-0.1, -0.05) is 25.0 Å². The summed E-state index contributed by atoms with van der Waals surface area (Å²) in [6.07, 6.45) is 10.4. The van der Waals surface area contributed by atoms with Gasteiger partial charge in [0.2, 0.25) is 17.8 Å². The third-order valence-corrected chi connectivity index (χ3v) is 12.2. The predicted molar refractivity (Wildman–Crippen MR) is 214 cm³/mol. The number of nitrogens with zero attached hydrogens (tertiary/aromatic N) is 7. The Hall–Kier alpha value is -5.21. The average molecular weight is 762 g/mol. The molecule has 2 amide bonds. The monoisotopic (exact) mass is 761 g/mol. The Balaban J connectivity index is 0.792. The normalized spacial score (nSPS) is 20.4. The lowest BCUT2D eigenvalue weighted by atomic mass is 9.90. The number of piperazine rings is 1. The fourth-order valence-electron chi connectivity index (χ4n) is 9.05. The molecule has 0 spiro atoms. The molecule has 4 aromatic rings. The number of aromatic nitrogens is 4. The summed E-state index contributed by atoms with van der Waals surface area (Å²) >= 11 is 0. The second kappa shape index (κ2) is 16.5. The number of Topliss-reactive ketones (excluding diaryl/α,β-unsaturated/α-hetero) is 1. The number of fused-ring (bicyclic) bond motifs is 1. The van der Waals surface area contributed by atoms with Gasteiger partial charge in [-0.3, -0.25) is 38.9 Å². The van der Waals surface area contributed by atoms with E-state index in [9.17, 15) is 19.2 Å². The van der Waals surface area contributed by atoms with E-state index in [1.165, 1.54) is 6.92 Å². The number of ether oxygens (including phenoxy) is 1. The number of rotatable bonds is 11. The van der Waals surface area contributed by atoms with Crippen LogP contribution in [0.15, 0.2) is 53.6 Å². The van der Waals surface area contributed by atoms with Gasteiger partial charge in [-0.25, -0.2) is 9.97 Å².